The van der Waals surface area contributed by atoms with Gasteiger partial charge in [-0.25, -0.2) is 9.37 Å². The smallest absolute Gasteiger partial charge is 0.229 e. The van der Waals surface area contributed by atoms with E-state index in [0.717, 1.165) is 25.2 Å². The van der Waals surface area contributed by atoms with Gasteiger partial charge < -0.3 is 9.15 Å². The number of ether oxygens (including phenoxy) is 1. The summed E-state index contributed by atoms with van der Waals surface area (Å²) in [7, 11) is 3.55. The van der Waals surface area contributed by atoms with Crippen LogP contribution in [0.1, 0.15) is 17.9 Å². The summed E-state index contributed by atoms with van der Waals surface area (Å²) in [5, 5.41) is 0. The van der Waals surface area contributed by atoms with Gasteiger partial charge in [-0.2, -0.15) is 0 Å². The summed E-state index contributed by atoms with van der Waals surface area (Å²) in [6, 6.07) is 5.09. The Morgan fingerprint density at radius 2 is 2.29 bits per heavy atom. The number of likely N-dealkylation sites (N-methyl/N-ethyl adjacent to an activating group) is 1. The number of methoxy groups -OCH3 is 1. The summed E-state index contributed by atoms with van der Waals surface area (Å²) in [6.45, 7) is 4.41. The fourth-order valence-electron chi connectivity index (χ4n) is 2.85. The second-order valence-corrected chi connectivity index (χ2v) is 6.12. The molecule has 2 aromatic rings. The Labute approximate surface area is 141 Å². The van der Waals surface area contributed by atoms with Crippen LogP contribution in [0, 0.1) is 12.7 Å². The second kappa shape index (κ2) is 7.29. The molecule has 1 aliphatic rings. The third-order valence-corrected chi connectivity index (χ3v) is 4.18. The van der Waals surface area contributed by atoms with E-state index in [0.29, 0.717) is 35.6 Å². The molecule has 0 bridgehead atoms. The first-order valence-electron chi connectivity index (χ1n) is 8.04. The fraction of sp³-hybridized carbons (Fsp3) is 0.471. The number of hydrogen-bond acceptors (Lipinski definition) is 6. The lowest BCUT2D eigenvalue weighted by atomic mass is 10.2. The van der Waals surface area contributed by atoms with Crippen LogP contribution in [0.2, 0.25) is 0 Å². The molecular formula is C17H23FN4O2. The van der Waals surface area contributed by atoms with Crippen LogP contribution in [0.4, 0.5) is 4.39 Å². The summed E-state index contributed by atoms with van der Waals surface area (Å²) in [5.41, 5.74) is 7.54. The van der Waals surface area contributed by atoms with Crippen molar-refractivity contribution in [2.45, 2.75) is 25.9 Å². The van der Waals surface area contributed by atoms with Crippen LogP contribution < -0.4 is 15.6 Å². The highest BCUT2D eigenvalue weighted by molar-refractivity contribution is 5.56. The number of hydrogen-bond donors (Lipinski definition) is 2. The zero-order valence-corrected chi connectivity index (χ0v) is 14.2. The first-order chi connectivity index (χ1) is 11.6. The first-order valence-corrected chi connectivity index (χ1v) is 8.04. The molecule has 1 unspecified atom stereocenters. The number of rotatable bonds is 6. The van der Waals surface area contributed by atoms with E-state index >= 15 is 0 Å². The molecule has 2 N–H and O–H groups in total. The van der Waals surface area contributed by atoms with Crippen molar-refractivity contribution in [3.05, 3.63) is 35.5 Å². The van der Waals surface area contributed by atoms with Crippen molar-refractivity contribution in [1.82, 2.24) is 20.7 Å². The number of hydrazine groups is 1. The Morgan fingerprint density at radius 3 is 2.96 bits per heavy atom. The van der Waals surface area contributed by atoms with Gasteiger partial charge >= 0.3 is 0 Å². The minimum absolute atomic E-state index is 0.303. The van der Waals surface area contributed by atoms with Crippen molar-refractivity contribution in [2.24, 2.45) is 0 Å². The molecule has 130 valence electrons. The second-order valence-electron chi connectivity index (χ2n) is 6.12. The van der Waals surface area contributed by atoms with Crippen LogP contribution in [0.15, 0.2) is 22.6 Å². The standard InChI is InChI=1S/C17H23FN4O2/c1-11-16(10-22(2)9-12-6-7-19-21-12)20-17(24-11)14-5-4-13(23-3)8-15(14)18/h4-5,8,12,19,21H,6-7,9-10H2,1-3H3. The molecule has 1 atom stereocenters. The van der Waals surface area contributed by atoms with Gasteiger partial charge in [-0.3, -0.25) is 15.8 Å². The predicted molar refractivity (Wildman–Crippen MR) is 89.1 cm³/mol. The van der Waals surface area contributed by atoms with Gasteiger partial charge in [0.2, 0.25) is 5.89 Å². The number of nitrogens with one attached hydrogen (secondary N) is 2. The van der Waals surface area contributed by atoms with Gasteiger partial charge in [0.15, 0.2) is 0 Å². The molecule has 0 amide bonds. The van der Waals surface area contributed by atoms with Crippen LogP contribution in [0.3, 0.4) is 0 Å². The summed E-state index contributed by atoms with van der Waals surface area (Å²) in [5.74, 6) is 1.08. The van der Waals surface area contributed by atoms with Gasteiger partial charge in [0.05, 0.1) is 18.4 Å². The van der Waals surface area contributed by atoms with Gasteiger partial charge in [0, 0.05) is 31.7 Å². The van der Waals surface area contributed by atoms with Gasteiger partial charge in [-0.05, 0) is 32.5 Å². The monoisotopic (exact) mass is 334 g/mol. The molecule has 0 spiro atoms. The van der Waals surface area contributed by atoms with Crippen molar-refractivity contribution in [1.29, 1.82) is 0 Å². The minimum atomic E-state index is -0.406. The summed E-state index contributed by atoms with van der Waals surface area (Å²) >= 11 is 0. The summed E-state index contributed by atoms with van der Waals surface area (Å²) < 4.78 is 24.9. The molecule has 1 aliphatic heterocycles. The highest BCUT2D eigenvalue weighted by Gasteiger charge is 2.19. The molecule has 7 heteroatoms. The lowest BCUT2D eigenvalue weighted by Crippen LogP contribution is -2.38. The molecule has 1 fully saturated rings. The molecule has 1 aromatic heterocycles. The molecule has 0 aliphatic carbocycles. The van der Waals surface area contributed by atoms with E-state index in [9.17, 15) is 4.39 Å². The van der Waals surface area contributed by atoms with Crippen LogP contribution in [-0.4, -0.2) is 43.2 Å². The zero-order chi connectivity index (χ0) is 17.1. The van der Waals surface area contributed by atoms with Crippen molar-refractivity contribution in [2.75, 3.05) is 27.2 Å². The van der Waals surface area contributed by atoms with E-state index in [4.69, 9.17) is 9.15 Å². The van der Waals surface area contributed by atoms with Gasteiger partial charge in [0.25, 0.3) is 0 Å². The first kappa shape index (κ1) is 16.9. The highest BCUT2D eigenvalue weighted by Crippen LogP contribution is 2.27. The van der Waals surface area contributed by atoms with E-state index in [1.54, 1.807) is 12.1 Å². The molecule has 0 radical (unpaired) electrons. The molecule has 2 heterocycles. The maximum atomic E-state index is 14.2. The molecule has 3 rings (SSSR count). The molecule has 24 heavy (non-hydrogen) atoms. The topological polar surface area (TPSA) is 62.6 Å². The summed E-state index contributed by atoms with van der Waals surface area (Å²) in [4.78, 5) is 6.67. The number of benzene rings is 1. The van der Waals surface area contributed by atoms with E-state index in [1.165, 1.54) is 13.2 Å². The van der Waals surface area contributed by atoms with Crippen LogP contribution in [-0.2, 0) is 6.54 Å². The largest absolute Gasteiger partial charge is 0.497 e. The van der Waals surface area contributed by atoms with Crippen molar-refractivity contribution >= 4 is 0 Å². The Balaban J connectivity index is 1.72. The van der Waals surface area contributed by atoms with Crippen LogP contribution >= 0.6 is 0 Å². The van der Waals surface area contributed by atoms with Crippen molar-refractivity contribution in [3.8, 4) is 17.2 Å². The Kier molecular flexibility index (Phi) is 5.13. The SMILES string of the molecule is COc1ccc(-c2nc(CN(C)CC3CCNN3)c(C)o2)c(F)c1. The molecule has 1 saturated heterocycles. The van der Waals surface area contributed by atoms with Crippen molar-refractivity contribution in [3.63, 3.8) is 0 Å². The normalized spacial score (nSPS) is 17.6. The van der Waals surface area contributed by atoms with E-state index in [2.05, 4.69) is 20.7 Å². The molecule has 1 aromatic carbocycles. The highest BCUT2D eigenvalue weighted by atomic mass is 19.1. The lowest BCUT2D eigenvalue weighted by Gasteiger charge is -2.19. The van der Waals surface area contributed by atoms with E-state index in [-0.39, 0.29) is 0 Å². The number of oxazole rings is 1. The zero-order valence-electron chi connectivity index (χ0n) is 14.2. The van der Waals surface area contributed by atoms with E-state index in [1.807, 2.05) is 14.0 Å². The molecule has 6 nitrogen and oxygen atoms in total. The Morgan fingerprint density at radius 1 is 1.46 bits per heavy atom. The van der Waals surface area contributed by atoms with Gasteiger partial charge in [0.1, 0.15) is 17.3 Å². The Hall–Kier alpha value is -1.96. The average molecular weight is 334 g/mol. The maximum absolute atomic E-state index is 14.2. The average Bonchev–Trinajstić information content (AvgIpc) is 3.17. The third kappa shape index (κ3) is 3.75. The lowest BCUT2D eigenvalue weighted by molar-refractivity contribution is 0.285. The molecular weight excluding hydrogens is 311 g/mol. The molecule has 0 saturated carbocycles. The van der Waals surface area contributed by atoms with E-state index < -0.39 is 5.82 Å². The number of halogens is 1. The minimum Gasteiger partial charge on any atom is -0.497 e. The van der Waals surface area contributed by atoms with Gasteiger partial charge in [-0.1, -0.05) is 0 Å². The van der Waals surface area contributed by atoms with Gasteiger partial charge in [-0.15, -0.1) is 0 Å². The maximum Gasteiger partial charge on any atom is 0.229 e. The number of aryl methyl sites for hydroxylation is 1. The Bertz CT molecular complexity index is 698. The third-order valence-electron chi connectivity index (χ3n) is 4.18. The number of nitrogens with zero attached hydrogens (tertiary/aromatic N) is 2. The van der Waals surface area contributed by atoms with Crippen molar-refractivity contribution < 1.29 is 13.5 Å². The van der Waals surface area contributed by atoms with Crippen LogP contribution in [0.25, 0.3) is 11.5 Å². The fourth-order valence-corrected chi connectivity index (χ4v) is 2.85. The summed E-state index contributed by atoms with van der Waals surface area (Å²) in [6.07, 6.45) is 1.10. The number of aromatic nitrogens is 1. The predicted octanol–water partition coefficient (Wildman–Crippen LogP) is 2.10. The quantitative estimate of drug-likeness (QED) is 0.843. The van der Waals surface area contributed by atoms with Crippen LogP contribution in [0.5, 0.6) is 5.75 Å².